The summed E-state index contributed by atoms with van der Waals surface area (Å²) < 4.78 is 3.36. The second-order valence-electron chi connectivity index (χ2n) is 3.50. The van der Waals surface area contributed by atoms with Crippen molar-refractivity contribution in [1.29, 1.82) is 0 Å². The molecule has 2 aromatic rings. The van der Waals surface area contributed by atoms with E-state index in [9.17, 15) is 0 Å². The lowest BCUT2D eigenvalue weighted by molar-refractivity contribution is 0.660. The number of hydrogen-bond acceptors (Lipinski definition) is 3. The van der Waals surface area contributed by atoms with Gasteiger partial charge >= 0.3 is 0 Å². The zero-order valence-electron chi connectivity index (χ0n) is 9.11. The Balaban J connectivity index is 2.06. The predicted molar refractivity (Wildman–Crippen MR) is 70.7 cm³/mol. The highest BCUT2D eigenvalue weighted by molar-refractivity contribution is 9.11. The van der Waals surface area contributed by atoms with Gasteiger partial charge in [0.1, 0.15) is 0 Å². The van der Waals surface area contributed by atoms with E-state index in [1.165, 1.54) is 14.4 Å². The van der Waals surface area contributed by atoms with Crippen LogP contribution >= 0.6 is 27.3 Å². The molecule has 0 amide bonds. The fourth-order valence-corrected chi connectivity index (χ4v) is 2.98. The van der Waals surface area contributed by atoms with Crippen molar-refractivity contribution in [2.75, 3.05) is 6.54 Å². The average molecular weight is 300 g/mol. The molecular formula is C11H14BrN3S. The summed E-state index contributed by atoms with van der Waals surface area (Å²) in [6.07, 6.45) is 3.81. The zero-order valence-corrected chi connectivity index (χ0v) is 11.5. The number of hydrogen-bond donors (Lipinski definition) is 1. The van der Waals surface area contributed by atoms with Crippen LogP contribution < -0.4 is 5.32 Å². The Kier molecular flexibility index (Phi) is 4.15. The third-order valence-electron chi connectivity index (χ3n) is 2.31. The number of thiophene rings is 1. The van der Waals surface area contributed by atoms with Crippen LogP contribution in [0.15, 0.2) is 28.4 Å². The van der Waals surface area contributed by atoms with Crippen LogP contribution in [0.3, 0.4) is 0 Å². The van der Waals surface area contributed by atoms with Gasteiger partial charge in [-0.1, -0.05) is 6.92 Å². The summed E-state index contributed by atoms with van der Waals surface area (Å²) in [6, 6.07) is 4.23. The van der Waals surface area contributed by atoms with E-state index in [0.717, 1.165) is 19.6 Å². The molecule has 0 aliphatic rings. The number of nitrogens with one attached hydrogen (secondary N) is 1. The molecule has 86 valence electrons. The van der Waals surface area contributed by atoms with E-state index >= 15 is 0 Å². The maximum atomic E-state index is 4.19. The quantitative estimate of drug-likeness (QED) is 0.920. The summed E-state index contributed by atoms with van der Waals surface area (Å²) in [7, 11) is 0. The highest BCUT2D eigenvalue weighted by Crippen LogP contribution is 2.23. The molecule has 2 rings (SSSR count). The van der Waals surface area contributed by atoms with E-state index in [-0.39, 0.29) is 0 Å². The molecular weight excluding hydrogens is 286 g/mol. The molecule has 0 saturated heterocycles. The normalized spacial score (nSPS) is 10.9. The fourth-order valence-electron chi connectivity index (χ4n) is 1.50. The molecule has 0 aliphatic carbocycles. The van der Waals surface area contributed by atoms with Crippen molar-refractivity contribution in [2.24, 2.45) is 0 Å². The van der Waals surface area contributed by atoms with E-state index in [2.05, 4.69) is 49.9 Å². The Morgan fingerprint density at radius 3 is 3.06 bits per heavy atom. The van der Waals surface area contributed by atoms with Gasteiger partial charge in [-0.05, 0) is 34.6 Å². The van der Waals surface area contributed by atoms with Crippen molar-refractivity contribution in [3.8, 4) is 0 Å². The van der Waals surface area contributed by atoms with Crippen LogP contribution in [-0.4, -0.2) is 16.1 Å². The van der Waals surface area contributed by atoms with Gasteiger partial charge in [-0.25, -0.2) is 4.98 Å². The summed E-state index contributed by atoms with van der Waals surface area (Å²) in [6.45, 7) is 4.87. The van der Waals surface area contributed by atoms with Crippen molar-refractivity contribution in [3.05, 3.63) is 39.0 Å². The van der Waals surface area contributed by atoms with Crippen molar-refractivity contribution in [3.63, 3.8) is 0 Å². The Morgan fingerprint density at radius 2 is 2.38 bits per heavy atom. The lowest BCUT2D eigenvalue weighted by Gasteiger charge is -2.06. The number of aromatic nitrogens is 2. The topological polar surface area (TPSA) is 29.9 Å². The summed E-state index contributed by atoms with van der Waals surface area (Å²) in [5.74, 6) is 0. The molecule has 2 aromatic heterocycles. The Hall–Kier alpha value is -0.650. The third-order valence-corrected chi connectivity index (χ3v) is 3.92. The van der Waals surface area contributed by atoms with Gasteiger partial charge in [0.15, 0.2) is 0 Å². The van der Waals surface area contributed by atoms with Crippen LogP contribution in [0.2, 0.25) is 0 Å². The highest BCUT2D eigenvalue weighted by Gasteiger charge is 2.04. The Bertz CT molecular complexity index is 450. The van der Waals surface area contributed by atoms with E-state index in [0.29, 0.717) is 0 Å². The Morgan fingerprint density at radius 1 is 1.50 bits per heavy atom. The first-order valence-corrected chi connectivity index (χ1v) is 6.84. The molecule has 5 heteroatoms. The van der Waals surface area contributed by atoms with Crippen molar-refractivity contribution in [1.82, 2.24) is 14.9 Å². The fraction of sp³-hybridized carbons (Fsp3) is 0.364. The van der Waals surface area contributed by atoms with Crippen LogP contribution in [0.25, 0.3) is 0 Å². The first kappa shape index (κ1) is 11.8. The van der Waals surface area contributed by atoms with Gasteiger partial charge in [0.05, 0.1) is 22.4 Å². The standard InChI is InChI=1S/C11H14BrN3S/c1-2-13-5-9-6-14-8-15(9)7-10-3-4-11(12)16-10/h3-4,6,8,13H,2,5,7H2,1H3. The van der Waals surface area contributed by atoms with Gasteiger partial charge in [-0.15, -0.1) is 11.3 Å². The van der Waals surface area contributed by atoms with Crippen molar-refractivity contribution in [2.45, 2.75) is 20.0 Å². The van der Waals surface area contributed by atoms with Crippen molar-refractivity contribution >= 4 is 27.3 Å². The maximum absolute atomic E-state index is 4.19. The smallest absolute Gasteiger partial charge is 0.0952 e. The average Bonchev–Trinajstić information content (AvgIpc) is 2.86. The summed E-state index contributed by atoms with van der Waals surface area (Å²) in [5, 5.41) is 3.32. The molecule has 0 fully saturated rings. The minimum Gasteiger partial charge on any atom is -0.328 e. The van der Waals surface area contributed by atoms with E-state index in [1.54, 1.807) is 11.3 Å². The number of rotatable bonds is 5. The van der Waals surface area contributed by atoms with Crippen LogP contribution in [0.1, 0.15) is 17.5 Å². The van der Waals surface area contributed by atoms with Gasteiger partial charge in [-0.3, -0.25) is 0 Å². The monoisotopic (exact) mass is 299 g/mol. The molecule has 2 heterocycles. The second kappa shape index (κ2) is 5.61. The number of imidazole rings is 1. The molecule has 0 aliphatic heterocycles. The van der Waals surface area contributed by atoms with E-state index in [1.807, 2.05) is 12.5 Å². The third kappa shape index (κ3) is 2.93. The van der Waals surface area contributed by atoms with Gasteiger partial charge in [0.25, 0.3) is 0 Å². The summed E-state index contributed by atoms with van der Waals surface area (Å²) in [4.78, 5) is 5.53. The molecule has 0 spiro atoms. The first-order valence-electron chi connectivity index (χ1n) is 5.23. The van der Waals surface area contributed by atoms with Crippen LogP contribution in [0, 0.1) is 0 Å². The van der Waals surface area contributed by atoms with Gasteiger partial charge in [0, 0.05) is 17.6 Å². The number of nitrogens with zero attached hydrogens (tertiary/aromatic N) is 2. The highest BCUT2D eigenvalue weighted by atomic mass is 79.9. The first-order chi connectivity index (χ1) is 7.79. The number of halogens is 1. The minimum atomic E-state index is 0.878. The van der Waals surface area contributed by atoms with Gasteiger partial charge in [-0.2, -0.15) is 0 Å². The molecule has 0 unspecified atom stereocenters. The summed E-state index contributed by atoms with van der Waals surface area (Å²) in [5.41, 5.74) is 1.23. The summed E-state index contributed by atoms with van der Waals surface area (Å²) >= 11 is 5.24. The molecule has 3 nitrogen and oxygen atoms in total. The molecule has 0 saturated carbocycles. The molecule has 0 bridgehead atoms. The van der Waals surface area contributed by atoms with Crippen LogP contribution in [0.4, 0.5) is 0 Å². The predicted octanol–water partition coefficient (Wildman–Crippen LogP) is 2.86. The van der Waals surface area contributed by atoms with Gasteiger partial charge < -0.3 is 9.88 Å². The Labute approximate surface area is 108 Å². The van der Waals surface area contributed by atoms with Gasteiger partial charge in [0.2, 0.25) is 0 Å². The molecule has 1 N–H and O–H groups in total. The zero-order chi connectivity index (χ0) is 11.4. The molecule has 16 heavy (non-hydrogen) atoms. The largest absolute Gasteiger partial charge is 0.328 e. The lowest BCUT2D eigenvalue weighted by atomic mass is 10.4. The van der Waals surface area contributed by atoms with Crippen molar-refractivity contribution < 1.29 is 0 Å². The minimum absolute atomic E-state index is 0.878. The lowest BCUT2D eigenvalue weighted by Crippen LogP contribution is -2.15. The van der Waals surface area contributed by atoms with Crippen LogP contribution in [0.5, 0.6) is 0 Å². The SMILES string of the molecule is CCNCc1cncn1Cc1ccc(Br)s1. The van der Waals surface area contributed by atoms with Crippen LogP contribution in [-0.2, 0) is 13.1 Å². The second-order valence-corrected chi connectivity index (χ2v) is 6.05. The molecule has 0 aromatic carbocycles. The molecule has 0 atom stereocenters. The van der Waals surface area contributed by atoms with E-state index < -0.39 is 0 Å². The maximum Gasteiger partial charge on any atom is 0.0952 e. The van der Waals surface area contributed by atoms with E-state index in [4.69, 9.17) is 0 Å². The molecule has 0 radical (unpaired) electrons.